The molecule has 0 heterocycles. The van der Waals surface area contributed by atoms with Crippen molar-refractivity contribution in [1.82, 2.24) is 10.6 Å². The summed E-state index contributed by atoms with van der Waals surface area (Å²) in [6, 6.07) is 7.70. The van der Waals surface area contributed by atoms with Crippen molar-refractivity contribution in [3.8, 4) is 5.75 Å². The van der Waals surface area contributed by atoms with Crippen molar-refractivity contribution in [2.45, 2.75) is 26.2 Å². The van der Waals surface area contributed by atoms with Gasteiger partial charge in [0.1, 0.15) is 5.75 Å². The summed E-state index contributed by atoms with van der Waals surface area (Å²) in [4.78, 5) is 22.8. The molecule has 0 aliphatic rings. The van der Waals surface area contributed by atoms with Gasteiger partial charge in [-0.15, -0.1) is 0 Å². The Morgan fingerprint density at radius 1 is 1.15 bits per heavy atom. The Morgan fingerprint density at radius 2 is 1.90 bits per heavy atom. The van der Waals surface area contributed by atoms with E-state index in [4.69, 9.17) is 4.74 Å². The Kier molecular flexibility index (Phi) is 7.17. The second-order valence-electron chi connectivity index (χ2n) is 4.44. The summed E-state index contributed by atoms with van der Waals surface area (Å²) in [6.07, 6.45) is 1.93. The second kappa shape index (κ2) is 8.96. The molecule has 2 amide bonds. The number of carbonyl (C=O) groups is 2. The summed E-state index contributed by atoms with van der Waals surface area (Å²) in [7, 11) is 1.63. The molecule has 0 unspecified atom stereocenters. The van der Waals surface area contributed by atoms with E-state index in [9.17, 15) is 9.59 Å². The van der Waals surface area contributed by atoms with E-state index in [-0.39, 0.29) is 18.4 Å². The van der Waals surface area contributed by atoms with Crippen LogP contribution >= 0.6 is 0 Å². The molecular weight excluding hydrogens is 256 g/mol. The molecule has 2 N–H and O–H groups in total. The van der Waals surface area contributed by atoms with Crippen molar-refractivity contribution in [3.05, 3.63) is 29.8 Å². The molecule has 0 aliphatic carbocycles. The molecule has 0 saturated carbocycles. The van der Waals surface area contributed by atoms with E-state index in [1.54, 1.807) is 7.11 Å². The Balaban J connectivity index is 2.26. The highest BCUT2D eigenvalue weighted by Gasteiger charge is 2.05. The number of benzene rings is 1. The second-order valence-corrected chi connectivity index (χ2v) is 4.44. The van der Waals surface area contributed by atoms with Gasteiger partial charge in [-0.1, -0.05) is 25.1 Å². The molecule has 1 aromatic carbocycles. The number of rotatable bonds is 8. The number of amides is 2. The normalized spacial score (nSPS) is 9.90. The van der Waals surface area contributed by atoms with Crippen molar-refractivity contribution < 1.29 is 14.3 Å². The lowest BCUT2D eigenvalue weighted by Crippen LogP contribution is -2.37. The van der Waals surface area contributed by atoms with Crippen LogP contribution < -0.4 is 15.4 Å². The van der Waals surface area contributed by atoms with Crippen molar-refractivity contribution in [2.24, 2.45) is 0 Å². The molecule has 0 saturated heterocycles. The van der Waals surface area contributed by atoms with Gasteiger partial charge >= 0.3 is 0 Å². The summed E-state index contributed by atoms with van der Waals surface area (Å²) in [5, 5.41) is 5.35. The zero-order chi connectivity index (χ0) is 14.8. The summed E-state index contributed by atoms with van der Waals surface area (Å²) < 4.78 is 5.24. The molecule has 5 heteroatoms. The fourth-order valence-electron chi connectivity index (χ4n) is 1.80. The third-order valence-corrected chi connectivity index (χ3v) is 2.83. The molecular formula is C15H22N2O3. The highest BCUT2D eigenvalue weighted by molar-refractivity contribution is 5.84. The zero-order valence-corrected chi connectivity index (χ0v) is 12.1. The van der Waals surface area contributed by atoms with Crippen LogP contribution in [-0.2, 0) is 16.0 Å². The van der Waals surface area contributed by atoms with Gasteiger partial charge in [0.25, 0.3) is 0 Å². The van der Waals surface area contributed by atoms with Gasteiger partial charge in [-0.3, -0.25) is 9.59 Å². The molecule has 110 valence electrons. The monoisotopic (exact) mass is 278 g/mol. The van der Waals surface area contributed by atoms with Crippen LogP contribution in [0, 0.1) is 0 Å². The van der Waals surface area contributed by atoms with Gasteiger partial charge in [-0.25, -0.2) is 0 Å². The molecule has 0 bridgehead atoms. The van der Waals surface area contributed by atoms with Crippen LogP contribution in [0.4, 0.5) is 0 Å². The summed E-state index contributed by atoms with van der Waals surface area (Å²) in [5.74, 6) is 0.551. The first kappa shape index (κ1) is 16.0. The van der Waals surface area contributed by atoms with E-state index >= 15 is 0 Å². The first-order chi connectivity index (χ1) is 9.67. The highest BCUT2D eigenvalue weighted by atomic mass is 16.5. The maximum Gasteiger partial charge on any atom is 0.239 e. The van der Waals surface area contributed by atoms with E-state index in [1.807, 2.05) is 31.2 Å². The van der Waals surface area contributed by atoms with Crippen LogP contribution in [0.3, 0.4) is 0 Å². The molecule has 1 rings (SSSR count). The minimum absolute atomic E-state index is 0.0325. The van der Waals surface area contributed by atoms with Crippen LogP contribution in [0.2, 0.25) is 0 Å². The lowest BCUT2D eigenvalue weighted by atomic mass is 10.1. The Labute approximate surface area is 119 Å². The molecule has 0 aromatic heterocycles. The van der Waals surface area contributed by atoms with Crippen LogP contribution in [0.15, 0.2) is 24.3 Å². The first-order valence-electron chi connectivity index (χ1n) is 6.82. The van der Waals surface area contributed by atoms with E-state index in [1.165, 1.54) is 0 Å². The predicted octanol–water partition coefficient (Wildman–Crippen LogP) is 1.27. The fraction of sp³-hybridized carbons (Fsp3) is 0.467. The Bertz CT molecular complexity index is 446. The topological polar surface area (TPSA) is 67.4 Å². The summed E-state index contributed by atoms with van der Waals surface area (Å²) in [5.41, 5.74) is 1.05. The van der Waals surface area contributed by atoms with Gasteiger partial charge in [0.2, 0.25) is 11.8 Å². The number of hydrogen-bond donors (Lipinski definition) is 2. The van der Waals surface area contributed by atoms with E-state index in [0.29, 0.717) is 19.4 Å². The molecule has 20 heavy (non-hydrogen) atoms. The van der Waals surface area contributed by atoms with Crippen LogP contribution in [0.25, 0.3) is 0 Å². The van der Waals surface area contributed by atoms with E-state index in [0.717, 1.165) is 17.7 Å². The quantitative estimate of drug-likeness (QED) is 0.752. The fourth-order valence-corrected chi connectivity index (χ4v) is 1.80. The first-order valence-corrected chi connectivity index (χ1v) is 6.82. The number of methoxy groups -OCH3 is 1. The molecule has 0 atom stereocenters. The lowest BCUT2D eigenvalue weighted by Gasteiger charge is -2.09. The molecule has 0 aliphatic heterocycles. The average molecular weight is 278 g/mol. The average Bonchev–Trinajstić information content (AvgIpc) is 2.46. The maximum absolute atomic E-state index is 11.5. The van der Waals surface area contributed by atoms with Crippen molar-refractivity contribution >= 4 is 11.8 Å². The lowest BCUT2D eigenvalue weighted by molar-refractivity contribution is -0.126. The third kappa shape index (κ3) is 5.73. The van der Waals surface area contributed by atoms with Gasteiger partial charge in [0.05, 0.1) is 13.7 Å². The molecule has 0 radical (unpaired) electrons. The van der Waals surface area contributed by atoms with Gasteiger partial charge < -0.3 is 15.4 Å². The summed E-state index contributed by atoms with van der Waals surface area (Å²) in [6.45, 7) is 2.47. The smallest absolute Gasteiger partial charge is 0.239 e. The number of hydrogen-bond acceptors (Lipinski definition) is 3. The molecule has 1 aromatic rings. The van der Waals surface area contributed by atoms with Gasteiger partial charge in [-0.2, -0.15) is 0 Å². The largest absolute Gasteiger partial charge is 0.496 e. The van der Waals surface area contributed by atoms with Crippen molar-refractivity contribution in [3.63, 3.8) is 0 Å². The van der Waals surface area contributed by atoms with Crippen LogP contribution in [0.1, 0.15) is 25.3 Å². The maximum atomic E-state index is 11.5. The van der Waals surface area contributed by atoms with Gasteiger partial charge in [-0.05, 0) is 24.5 Å². The number of carbonyl (C=O) groups excluding carboxylic acids is 2. The van der Waals surface area contributed by atoms with Crippen molar-refractivity contribution in [2.75, 3.05) is 20.2 Å². The van der Waals surface area contributed by atoms with E-state index < -0.39 is 0 Å². The molecule has 0 fully saturated rings. The number of nitrogens with one attached hydrogen (secondary N) is 2. The third-order valence-electron chi connectivity index (χ3n) is 2.83. The molecule has 5 nitrogen and oxygen atoms in total. The predicted molar refractivity (Wildman–Crippen MR) is 77.6 cm³/mol. The van der Waals surface area contributed by atoms with Crippen molar-refractivity contribution in [1.29, 1.82) is 0 Å². The minimum Gasteiger partial charge on any atom is -0.496 e. The van der Waals surface area contributed by atoms with Crippen LogP contribution in [0.5, 0.6) is 5.75 Å². The zero-order valence-electron chi connectivity index (χ0n) is 12.1. The van der Waals surface area contributed by atoms with E-state index in [2.05, 4.69) is 10.6 Å². The highest BCUT2D eigenvalue weighted by Crippen LogP contribution is 2.17. The minimum atomic E-state index is -0.177. The number of ether oxygens (including phenoxy) is 1. The Morgan fingerprint density at radius 3 is 2.60 bits per heavy atom. The number of para-hydroxylation sites is 1. The van der Waals surface area contributed by atoms with Gasteiger partial charge in [0.15, 0.2) is 0 Å². The summed E-state index contributed by atoms with van der Waals surface area (Å²) >= 11 is 0. The standard InChI is InChI=1S/C15H22N2O3/c1-3-6-14(18)17-11-15(19)16-10-9-12-7-4-5-8-13(12)20-2/h4-5,7-8H,3,6,9-11H2,1-2H3,(H,16,19)(H,17,18). The Hall–Kier alpha value is -2.04. The van der Waals surface area contributed by atoms with Gasteiger partial charge in [0, 0.05) is 13.0 Å². The molecule has 0 spiro atoms. The SMILES string of the molecule is CCCC(=O)NCC(=O)NCCc1ccccc1OC. The van der Waals surface area contributed by atoms with Crippen LogP contribution in [-0.4, -0.2) is 32.0 Å².